The number of nitrogens with one attached hydrogen (secondary N) is 1. The minimum Gasteiger partial charge on any atom is -0.467 e. The average Bonchev–Trinajstić information content (AvgIpc) is 2.44. The molecule has 0 radical (unpaired) electrons. The molecule has 0 fully saturated rings. The van der Waals surface area contributed by atoms with Crippen LogP contribution in [0.2, 0.25) is 0 Å². The Bertz CT molecular complexity index is 617. The van der Waals surface area contributed by atoms with E-state index in [2.05, 4.69) is 5.32 Å². The summed E-state index contributed by atoms with van der Waals surface area (Å²) in [6.45, 7) is 3.95. The summed E-state index contributed by atoms with van der Waals surface area (Å²) in [4.78, 5) is 12.0. The standard InChI is InChI=1S/C17H18FNO2/c1-11-8-12(2)10-13(9-11)16(17(20)21-3)19-15-6-4-14(18)5-7-15/h4-10,16,19H,1-3H3. The second kappa shape index (κ2) is 6.39. The van der Waals surface area contributed by atoms with Crippen LogP contribution in [0.25, 0.3) is 0 Å². The molecule has 0 bridgehead atoms. The van der Waals surface area contributed by atoms with Crippen molar-refractivity contribution in [3.63, 3.8) is 0 Å². The molecule has 0 aliphatic carbocycles. The summed E-state index contributed by atoms with van der Waals surface area (Å²) in [6, 6.07) is 11.2. The Kier molecular flexibility index (Phi) is 4.58. The van der Waals surface area contributed by atoms with Crippen LogP contribution < -0.4 is 5.32 Å². The Labute approximate surface area is 123 Å². The highest BCUT2D eigenvalue weighted by Crippen LogP contribution is 2.23. The van der Waals surface area contributed by atoms with Crippen molar-refractivity contribution in [1.29, 1.82) is 0 Å². The molecular formula is C17H18FNO2. The van der Waals surface area contributed by atoms with Gasteiger partial charge in [-0.1, -0.05) is 29.3 Å². The van der Waals surface area contributed by atoms with Gasteiger partial charge in [0.25, 0.3) is 0 Å². The average molecular weight is 287 g/mol. The summed E-state index contributed by atoms with van der Waals surface area (Å²) in [7, 11) is 1.35. The number of benzene rings is 2. The van der Waals surface area contributed by atoms with Gasteiger partial charge in [0.1, 0.15) is 5.82 Å². The van der Waals surface area contributed by atoms with Crippen molar-refractivity contribution in [2.45, 2.75) is 19.9 Å². The molecule has 21 heavy (non-hydrogen) atoms. The molecule has 110 valence electrons. The third-order valence-electron chi connectivity index (χ3n) is 3.17. The first kappa shape index (κ1) is 15.0. The van der Waals surface area contributed by atoms with Gasteiger partial charge in [-0.2, -0.15) is 0 Å². The maximum Gasteiger partial charge on any atom is 0.332 e. The topological polar surface area (TPSA) is 38.3 Å². The number of hydrogen-bond acceptors (Lipinski definition) is 3. The molecule has 0 spiro atoms. The lowest BCUT2D eigenvalue weighted by atomic mass is 10.0. The number of methoxy groups -OCH3 is 1. The van der Waals surface area contributed by atoms with Gasteiger partial charge in [-0.3, -0.25) is 0 Å². The maximum atomic E-state index is 13.0. The number of esters is 1. The van der Waals surface area contributed by atoms with Gasteiger partial charge >= 0.3 is 5.97 Å². The van der Waals surface area contributed by atoms with Crippen LogP contribution in [0.3, 0.4) is 0 Å². The molecule has 0 heterocycles. The normalized spacial score (nSPS) is 11.8. The Balaban J connectivity index is 2.34. The molecular weight excluding hydrogens is 269 g/mol. The quantitative estimate of drug-likeness (QED) is 0.870. The predicted molar refractivity (Wildman–Crippen MR) is 80.7 cm³/mol. The van der Waals surface area contributed by atoms with Gasteiger partial charge in [0.15, 0.2) is 6.04 Å². The van der Waals surface area contributed by atoms with Crippen LogP contribution in [0.4, 0.5) is 10.1 Å². The van der Waals surface area contributed by atoms with Gasteiger partial charge in [-0.15, -0.1) is 0 Å². The molecule has 3 nitrogen and oxygen atoms in total. The van der Waals surface area contributed by atoms with Crippen molar-refractivity contribution in [1.82, 2.24) is 0 Å². The molecule has 0 aliphatic heterocycles. The van der Waals surface area contributed by atoms with Gasteiger partial charge in [0.05, 0.1) is 7.11 Å². The van der Waals surface area contributed by atoms with Crippen LogP contribution in [-0.2, 0) is 9.53 Å². The van der Waals surface area contributed by atoms with Gasteiger partial charge in [-0.25, -0.2) is 9.18 Å². The SMILES string of the molecule is COC(=O)C(Nc1ccc(F)cc1)c1cc(C)cc(C)c1. The van der Waals surface area contributed by atoms with Crippen molar-refractivity contribution in [2.24, 2.45) is 0 Å². The second-order valence-corrected chi connectivity index (χ2v) is 5.03. The zero-order valence-corrected chi connectivity index (χ0v) is 12.3. The number of carbonyl (C=O) groups is 1. The fourth-order valence-electron chi connectivity index (χ4n) is 2.29. The van der Waals surface area contributed by atoms with E-state index in [9.17, 15) is 9.18 Å². The number of halogens is 1. The van der Waals surface area contributed by atoms with E-state index in [-0.39, 0.29) is 11.8 Å². The van der Waals surface area contributed by atoms with Gasteiger partial charge in [0, 0.05) is 5.69 Å². The Morgan fingerprint density at radius 1 is 1.10 bits per heavy atom. The zero-order valence-electron chi connectivity index (χ0n) is 12.3. The molecule has 0 saturated heterocycles. The van der Waals surface area contributed by atoms with Crippen molar-refractivity contribution < 1.29 is 13.9 Å². The third kappa shape index (κ3) is 3.81. The minimum atomic E-state index is -0.626. The van der Waals surface area contributed by atoms with Crippen molar-refractivity contribution in [3.05, 3.63) is 65.0 Å². The van der Waals surface area contributed by atoms with E-state index in [0.29, 0.717) is 5.69 Å². The zero-order chi connectivity index (χ0) is 15.4. The summed E-state index contributed by atoms with van der Waals surface area (Å²) in [5.74, 6) is -0.703. The smallest absolute Gasteiger partial charge is 0.332 e. The number of aryl methyl sites for hydroxylation is 2. The highest BCUT2D eigenvalue weighted by molar-refractivity contribution is 5.81. The van der Waals surface area contributed by atoms with Crippen LogP contribution in [0.5, 0.6) is 0 Å². The van der Waals surface area contributed by atoms with E-state index in [1.807, 2.05) is 32.0 Å². The summed E-state index contributed by atoms with van der Waals surface area (Å²) < 4.78 is 17.8. The lowest BCUT2D eigenvalue weighted by Crippen LogP contribution is -2.22. The molecule has 2 rings (SSSR count). The van der Waals surface area contributed by atoms with E-state index in [4.69, 9.17) is 4.74 Å². The predicted octanol–water partition coefficient (Wildman–Crippen LogP) is 3.77. The highest BCUT2D eigenvalue weighted by Gasteiger charge is 2.21. The number of carbonyl (C=O) groups excluding carboxylic acids is 1. The monoisotopic (exact) mass is 287 g/mol. The molecule has 0 amide bonds. The number of rotatable bonds is 4. The van der Waals surface area contributed by atoms with E-state index in [0.717, 1.165) is 16.7 Å². The fraction of sp³-hybridized carbons (Fsp3) is 0.235. The van der Waals surface area contributed by atoms with E-state index in [1.54, 1.807) is 12.1 Å². The number of ether oxygens (including phenoxy) is 1. The molecule has 0 saturated carbocycles. The van der Waals surface area contributed by atoms with Gasteiger partial charge in [-0.05, 0) is 43.7 Å². The summed E-state index contributed by atoms with van der Waals surface area (Å²) >= 11 is 0. The Hall–Kier alpha value is -2.36. The Morgan fingerprint density at radius 3 is 2.19 bits per heavy atom. The minimum absolute atomic E-state index is 0.318. The first-order valence-corrected chi connectivity index (χ1v) is 6.67. The molecule has 0 aromatic heterocycles. The van der Waals surface area contributed by atoms with E-state index >= 15 is 0 Å². The van der Waals surface area contributed by atoms with E-state index < -0.39 is 6.04 Å². The van der Waals surface area contributed by atoms with Gasteiger partial charge in [0.2, 0.25) is 0 Å². The maximum absolute atomic E-state index is 13.0. The van der Waals surface area contributed by atoms with Crippen LogP contribution >= 0.6 is 0 Å². The molecule has 1 unspecified atom stereocenters. The molecule has 4 heteroatoms. The first-order chi connectivity index (χ1) is 9.99. The largest absolute Gasteiger partial charge is 0.467 e. The lowest BCUT2D eigenvalue weighted by molar-refractivity contribution is -0.141. The van der Waals surface area contributed by atoms with Crippen molar-refractivity contribution >= 4 is 11.7 Å². The second-order valence-electron chi connectivity index (χ2n) is 5.03. The molecule has 2 aromatic carbocycles. The summed E-state index contributed by atoms with van der Waals surface area (Å²) in [5.41, 5.74) is 3.62. The fourth-order valence-corrected chi connectivity index (χ4v) is 2.29. The van der Waals surface area contributed by atoms with Crippen LogP contribution in [0.1, 0.15) is 22.7 Å². The molecule has 1 N–H and O–H groups in total. The van der Waals surface area contributed by atoms with E-state index in [1.165, 1.54) is 19.2 Å². The molecule has 0 aliphatic rings. The number of hydrogen-bond donors (Lipinski definition) is 1. The first-order valence-electron chi connectivity index (χ1n) is 6.67. The van der Waals surface area contributed by atoms with Crippen LogP contribution in [-0.4, -0.2) is 13.1 Å². The molecule has 1 atom stereocenters. The van der Waals surface area contributed by atoms with Crippen LogP contribution in [0, 0.1) is 19.7 Å². The Morgan fingerprint density at radius 2 is 1.67 bits per heavy atom. The number of anilines is 1. The highest BCUT2D eigenvalue weighted by atomic mass is 19.1. The third-order valence-corrected chi connectivity index (χ3v) is 3.17. The van der Waals surface area contributed by atoms with Crippen molar-refractivity contribution in [2.75, 3.05) is 12.4 Å². The van der Waals surface area contributed by atoms with Crippen LogP contribution in [0.15, 0.2) is 42.5 Å². The molecule has 2 aromatic rings. The summed E-state index contributed by atoms with van der Waals surface area (Å²) in [5, 5.41) is 3.09. The van der Waals surface area contributed by atoms with Crippen molar-refractivity contribution in [3.8, 4) is 0 Å². The summed E-state index contributed by atoms with van der Waals surface area (Å²) in [6.07, 6.45) is 0. The lowest BCUT2D eigenvalue weighted by Gasteiger charge is -2.19. The van der Waals surface area contributed by atoms with Gasteiger partial charge < -0.3 is 10.1 Å².